The van der Waals surface area contributed by atoms with E-state index >= 15 is 0 Å². The molecule has 0 bridgehead atoms. The summed E-state index contributed by atoms with van der Waals surface area (Å²) in [5.41, 5.74) is 6.09. The van der Waals surface area contributed by atoms with Gasteiger partial charge in [0.1, 0.15) is 24.6 Å². The molecule has 0 saturated heterocycles. The molecule has 1 aromatic heterocycles. The number of H-pyrrole nitrogens is 1. The van der Waals surface area contributed by atoms with Gasteiger partial charge in [-0.1, -0.05) is 23.2 Å². The van der Waals surface area contributed by atoms with Crippen LogP contribution in [0.2, 0.25) is 0 Å². The molecule has 0 fully saturated rings. The van der Waals surface area contributed by atoms with Crippen LogP contribution in [0.15, 0.2) is 48.7 Å². The van der Waals surface area contributed by atoms with Gasteiger partial charge < -0.3 is 20.2 Å². The molecule has 0 saturated carbocycles. The summed E-state index contributed by atoms with van der Waals surface area (Å²) in [6.45, 7) is 3.11. The van der Waals surface area contributed by atoms with E-state index in [9.17, 15) is 0 Å². The second-order valence-corrected chi connectivity index (χ2v) is 6.08. The second kappa shape index (κ2) is 7.38. The third kappa shape index (κ3) is 3.70. The van der Waals surface area contributed by atoms with Crippen LogP contribution in [-0.4, -0.2) is 18.2 Å². The number of hydrazine groups is 1. The number of rotatable bonds is 5. The Kier molecular flexibility index (Phi) is 4.63. The minimum atomic E-state index is 0.544. The minimum absolute atomic E-state index is 0.544. The highest BCUT2D eigenvalue weighted by Crippen LogP contribution is 2.36. The summed E-state index contributed by atoms with van der Waals surface area (Å²) in [7, 11) is 0. The topological polar surface area (TPSA) is 108 Å². The zero-order valence-electron chi connectivity index (χ0n) is 14.9. The third-order valence-electron chi connectivity index (χ3n) is 4.17. The number of benzene rings is 2. The van der Waals surface area contributed by atoms with E-state index < -0.39 is 0 Å². The Balaban J connectivity index is 1.62. The number of hydrogen-bond acceptors (Lipinski definition) is 7. The van der Waals surface area contributed by atoms with Crippen molar-refractivity contribution in [2.24, 2.45) is 5.84 Å². The van der Waals surface area contributed by atoms with Crippen molar-refractivity contribution in [1.29, 1.82) is 0 Å². The Morgan fingerprint density at radius 3 is 2.48 bits per heavy atom. The van der Waals surface area contributed by atoms with Gasteiger partial charge >= 0.3 is 5.95 Å². The first-order chi connectivity index (χ1) is 13.2. The van der Waals surface area contributed by atoms with Crippen molar-refractivity contribution >= 4 is 28.8 Å². The fraction of sp³-hybridized carbons (Fsp3) is 0.158. The van der Waals surface area contributed by atoms with E-state index in [1.807, 2.05) is 49.4 Å². The maximum atomic E-state index is 5.66. The molecule has 0 atom stereocenters. The molecular weight excluding hydrogens is 344 g/mol. The van der Waals surface area contributed by atoms with Crippen molar-refractivity contribution < 1.29 is 14.5 Å². The molecule has 0 amide bonds. The van der Waals surface area contributed by atoms with Crippen LogP contribution < -0.4 is 36.4 Å². The predicted octanol–water partition coefficient (Wildman–Crippen LogP) is 2.75. The van der Waals surface area contributed by atoms with E-state index in [1.165, 1.54) is 0 Å². The van der Waals surface area contributed by atoms with E-state index in [0.717, 1.165) is 28.4 Å². The highest BCUT2D eigenvalue weighted by Gasteiger charge is 2.19. The van der Waals surface area contributed by atoms with Gasteiger partial charge in [0.25, 0.3) is 0 Å². The van der Waals surface area contributed by atoms with Crippen LogP contribution in [0, 0.1) is 6.92 Å². The van der Waals surface area contributed by atoms with Crippen LogP contribution in [0.5, 0.6) is 11.5 Å². The molecule has 0 radical (unpaired) electrons. The SMILES string of the molecule is Cc1cc2c(cc1Nc1nc(Nc3ccccc3)c(NN)c[nH+]1)OCCO2. The first-order valence-corrected chi connectivity index (χ1v) is 8.61. The van der Waals surface area contributed by atoms with E-state index in [2.05, 4.69) is 26.0 Å². The van der Waals surface area contributed by atoms with Gasteiger partial charge in [-0.3, -0.25) is 5.84 Å². The number of nitrogens with zero attached hydrogens (tertiary/aromatic N) is 1. The molecule has 0 aliphatic carbocycles. The number of aryl methyl sites for hydroxylation is 1. The normalized spacial score (nSPS) is 12.4. The number of aromatic amines is 1. The molecule has 0 spiro atoms. The monoisotopic (exact) mass is 365 g/mol. The number of ether oxygens (including phenoxy) is 2. The second-order valence-electron chi connectivity index (χ2n) is 6.08. The van der Waals surface area contributed by atoms with Crippen molar-refractivity contribution in [2.75, 3.05) is 29.3 Å². The number of hydrogen-bond donors (Lipinski definition) is 4. The Morgan fingerprint density at radius 1 is 1.00 bits per heavy atom. The van der Waals surface area contributed by atoms with Gasteiger partial charge in [-0.2, -0.15) is 0 Å². The Morgan fingerprint density at radius 2 is 1.74 bits per heavy atom. The van der Waals surface area contributed by atoms with Crippen LogP contribution >= 0.6 is 0 Å². The predicted molar refractivity (Wildman–Crippen MR) is 104 cm³/mol. The number of anilines is 5. The van der Waals surface area contributed by atoms with E-state index in [1.54, 1.807) is 6.20 Å². The highest BCUT2D eigenvalue weighted by molar-refractivity contribution is 5.71. The molecular formula is C19H21N6O2+. The average molecular weight is 365 g/mol. The van der Waals surface area contributed by atoms with Crippen molar-refractivity contribution in [2.45, 2.75) is 6.92 Å². The average Bonchev–Trinajstić information content (AvgIpc) is 2.70. The summed E-state index contributed by atoms with van der Waals surface area (Å²) in [6.07, 6.45) is 1.74. The Bertz CT molecular complexity index is 948. The lowest BCUT2D eigenvalue weighted by atomic mass is 10.1. The minimum Gasteiger partial charge on any atom is -0.486 e. The molecule has 1 aliphatic heterocycles. The van der Waals surface area contributed by atoms with Gasteiger partial charge in [-0.15, -0.1) is 0 Å². The van der Waals surface area contributed by atoms with E-state index in [0.29, 0.717) is 30.7 Å². The Labute approximate surface area is 156 Å². The van der Waals surface area contributed by atoms with E-state index in [4.69, 9.17) is 15.3 Å². The summed E-state index contributed by atoms with van der Waals surface area (Å²) in [5.74, 6) is 8.25. The largest absolute Gasteiger partial charge is 0.486 e. The molecule has 1 aliphatic rings. The molecule has 6 N–H and O–H groups in total. The van der Waals surface area contributed by atoms with Gasteiger partial charge in [-0.25, -0.2) is 10.3 Å². The summed E-state index contributed by atoms with van der Waals surface area (Å²) in [5, 5.41) is 6.54. The van der Waals surface area contributed by atoms with Crippen molar-refractivity contribution in [3.05, 3.63) is 54.2 Å². The van der Waals surface area contributed by atoms with Crippen LogP contribution in [-0.2, 0) is 0 Å². The first kappa shape index (κ1) is 16.9. The number of para-hydroxylation sites is 1. The van der Waals surface area contributed by atoms with Crippen LogP contribution in [0.25, 0.3) is 0 Å². The van der Waals surface area contributed by atoms with Gasteiger partial charge in [0.05, 0.1) is 6.20 Å². The van der Waals surface area contributed by atoms with Gasteiger partial charge in [0, 0.05) is 11.8 Å². The zero-order valence-corrected chi connectivity index (χ0v) is 14.9. The number of fused-ring (bicyclic) bond motifs is 1. The molecule has 138 valence electrons. The molecule has 4 rings (SSSR count). The Hall–Kier alpha value is -3.52. The lowest BCUT2D eigenvalue weighted by Gasteiger charge is -2.19. The highest BCUT2D eigenvalue weighted by atomic mass is 16.6. The maximum absolute atomic E-state index is 5.66. The molecule has 3 aromatic rings. The summed E-state index contributed by atoms with van der Waals surface area (Å²) in [6, 6.07) is 13.6. The molecule has 27 heavy (non-hydrogen) atoms. The van der Waals surface area contributed by atoms with Crippen molar-refractivity contribution in [3.8, 4) is 11.5 Å². The van der Waals surface area contributed by atoms with E-state index in [-0.39, 0.29) is 0 Å². The lowest BCUT2D eigenvalue weighted by Crippen LogP contribution is -2.19. The number of aromatic nitrogens is 2. The maximum Gasteiger partial charge on any atom is 0.396 e. The van der Waals surface area contributed by atoms with Crippen LogP contribution in [0.1, 0.15) is 5.56 Å². The third-order valence-corrected chi connectivity index (χ3v) is 4.17. The van der Waals surface area contributed by atoms with Crippen LogP contribution in [0.4, 0.5) is 28.8 Å². The fourth-order valence-electron chi connectivity index (χ4n) is 2.79. The molecule has 0 unspecified atom stereocenters. The summed E-state index contributed by atoms with van der Waals surface area (Å²) < 4.78 is 11.3. The van der Waals surface area contributed by atoms with Crippen molar-refractivity contribution in [1.82, 2.24) is 4.98 Å². The standard InChI is InChI=1S/C19H20N6O2/c1-12-9-16-17(27-8-7-26-16)10-14(12)23-19-21-11-15(25-20)18(24-19)22-13-5-3-2-4-6-13/h2-6,9-11,25H,7-8,20H2,1H3,(H2,21,22,23,24)/p+1. The molecule has 2 heterocycles. The van der Waals surface area contributed by atoms with Gasteiger partial charge in [0.2, 0.25) is 5.82 Å². The molecule has 8 nitrogen and oxygen atoms in total. The number of nitrogens with two attached hydrogens (primary N) is 1. The van der Waals surface area contributed by atoms with Crippen LogP contribution in [0.3, 0.4) is 0 Å². The lowest BCUT2D eigenvalue weighted by molar-refractivity contribution is -0.363. The number of nitrogens with one attached hydrogen (secondary N) is 4. The fourth-order valence-corrected chi connectivity index (χ4v) is 2.79. The summed E-state index contributed by atoms with van der Waals surface area (Å²) in [4.78, 5) is 7.69. The van der Waals surface area contributed by atoms with Crippen molar-refractivity contribution in [3.63, 3.8) is 0 Å². The molecule has 8 heteroatoms. The van der Waals surface area contributed by atoms with Gasteiger partial charge in [-0.05, 0) is 30.7 Å². The quantitative estimate of drug-likeness (QED) is 0.407. The zero-order chi connectivity index (χ0) is 18.6. The smallest absolute Gasteiger partial charge is 0.396 e. The summed E-state index contributed by atoms with van der Waals surface area (Å²) >= 11 is 0. The first-order valence-electron chi connectivity index (χ1n) is 8.61. The molecule has 2 aromatic carbocycles. The van der Waals surface area contributed by atoms with Gasteiger partial charge in [0.15, 0.2) is 11.5 Å². The number of nitrogen functional groups attached to an aromatic ring is 1.